The number of benzene rings is 2. The molecule has 2 aromatic rings. The fraction of sp³-hybridized carbons (Fsp3) is 0.333. The fourth-order valence-corrected chi connectivity index (χ4v) is 2.76. The van der Waals surface area contributed by atoms with E-state index >= 15 is 0 Å². The highest BCUT2D eigenvalue weighted by Gasteiger charge is 2.12. The summed E-state index contributed by atoms with van der Waals surface area (Å²) in [4.78, 5) is 0. The van der Waals surface area contributed by atoms with Crippen LogP contribution in [0.2, 0.25) is 0 Å². The number of fused-ring (bicyclic) bond motifs is 1. The summed E-state index contributed by atoms with van der Waals surface area (Å²) in [5, 5.41) is 3.46. The molecule has 3 rings (SSSR count). The van der Waals surface area contributed by atoms with E-state index in [2.05, 4.69) is 61.6 Å². The molecule has 0 amide bonds. The van der Waals surface area contributed by atoms with Crippen molar-refractivity contribution in [2.24, 2.45) is 0 Å². The molecular formula is C18H21NO. The van der Waals surface area contributed by atoms with Gasteiger partial charge in [0.05, 0.1) is 13.2 Å². The predicted molar refractivity (Wildman–Crippen MR) is 82.5 cm³/mol. The van der Waals surface area contributed by atoms with E-state index < -0.39 is 0 Å². The molecule has 1 heterocycles. The third kappa shape index (κ3) is 2.62. The van der Waals surface area contributed by atoms with Crippen LogP contribution < -0.4 is 5.32 Å². The average molecular weight is 267 g/mol. The molecule has 1 unspecified atom stereocenters. The quantitative estimate of drug-likeness (QED) is 0.902. The zero-order valence-electron chi connectivity index (χ0n) is 12.1. The van der Waals surface area contributed by atoms with E-state index in [0.29, 0.717) is 6.04 Å². The van der Waals surface area contributed by atoms with E-state index in [0.717, 1.165) is 19.8 Å². The Labute approximate surface area is 120 Å². The van der Waals surface area contributed by atoms with Crippen molar-refractivity contribution in [3.63, 3.8) is 0 Å². The van der Waals surface area contributed by atoms with Gasteiger partial charge in [0.2, 0.25) is 0 Å². The Morgan fingerprint density at radius 1 is 1.05 bits per heavy atom. The van der Waals surface area contributed by atoms with Crippen LogP contribution in [0.1, 0.15) is 36.6 Å². The molecular weight excluding hydrogens is 246 g/mol. The Morgan fingerprint density at radius 2 is 1.85 bits per heavy atom. The summed E-state index contributed by atoms with van der Waals surface area (Å²) >= 11 is 0. The van der Waals surface area contributed by atoms with Crippen LogP contribution in [0, 0.1) is 0 Å². The molecule has 1 atom stereocenters. The van der Waals surface area contributed by atoms with E-state index in [1.54, 1.807) is 0 Å². The molecule has 0 radical (unpaired) electrons. The summed E-state index contributed by atoms with van der Waals surface area (Å²) < 4.78 is 5.49. The van der Waals surface area contributed by atoms with Gasteiger partial charge in [-0.2, -0.15) is 0 Å². The smallest absolute Gasteiger partial charge is 0.0725 e. The van der Waals surface area contributed by atoms with E-state index in [-0.39, 0.29) is 0 Å². The summed E-state index contributed by atoms with van der Waals surface area (Å²) in [7, 11) is 0. The molecule has 1 N–H and O–H groups in total. The van der Waals surface area contributed by atoms with Crippen molar-refractivity contribution >= 4 is 0 Å². The largest absolute Gasteiger partial charge is 0.372 e. The molecule has 0 saturated heterocycles. The second-order valence-corrected chi connectivity index (χ2v) is 5.38. The summed E-state index contributed by atoms with van der Waals surface area (Å²) in [6.45, 7) is 6.84. The Morgan fingerprint density at radius 3 is 2.70 bits per heavy atom. The van der Waals surface area contributed by atoms with Gasteiger partial charge in [-0.3, -0.25) is 0 Å². The molecule has 2 aromatic carbocycles. The first kappa shape index (κ1) is 13.3. The Hall–Kier alpha value is -1.64. The Balaban J connectivity index is 1.92. The van der Waals surface area contributed by atoms with Crippen LogP contribution in [0.5, 0.6) is 0 Å². The molecule has 20 heavy (non-hydrogen) atoms. The van der Waals surface area contributed by atoms with Gasteiger partial charge < -0.3 is 10.1 Å². The van der Waals surface area contributed by atoms with Crippen LogP contribution in [0.25, 0.3) is 11.1 Å². The van der Waals surface area contributed by atoms with Crippen molar-refractivity contribution in [3.8, 4) is 11.1 Å². The minimum absolute atomic E-state index is 0.387. The highest BCUT2D eigenvalue weighted by Crippen LogP contribution is 2.28. The molecule has 0 spiro atoms. The second-order valence-electron chi connectivity index (χ2n) is 5.38. The fourth-order valence-electron chi connectivity index (χ4n) is 2.76. The SMILES string of the molecule is CCNC(C)c1cccc(-c2ccc3c(c2)COC3)c1. The number of ether oxygens (including phenoxy) is 1. The zero-order chi connectivity index (χ0) is 13.9. The van der Waals surface area contributed by atoms with Gasteiger partial charge in [0, 0.05) is 6.04 Å². The number of hydrogen-bond acceptors (Lipinski definition) is 2. The van der Waals surface area contributed by atoms with Gasteiger partial charge in [0.25, 0.3) is 0 Å². The lowest BCUT2D eigenvalue weighted by molar-refractivity contribution is 0.134. The van der Waals surface area contributed by atoms with Crippen molar-refractivity contribution < 1.29 is 4.74 Å². The molecule has 0 bridgehead atoms. The molecule has 0 aromatic heterocycles. The van der Waals surface area contributed by atoms with E-state index in [4.69, 9.17) is 4.74 Å². The van der Waals surface area contributed by atoms with Crippen molar-refractivity contribution in [1.82, 2.24) is 5.32 Å². The van der Waals surface area contributed by atoms with Gasteiger partial charge in [-0.15, -0.1) is 0 Å². The molecule has 0 aliphatic carbocycles. The van der Waals surface area contributed by atoms with Crippen LogP contribution in [0.15, 0.2) is 42.5 Å². The van der Waals surface area contributed by atoms with Gasteiger partial charge in [-0.25, -0.2) is 0 Å². The number of hydrogen-bond donors (Lipinski definition) is 1. The van der Waals surface area contributed by atoms with Crippen LogP contribution in [-0.4, -0.2) is 6.54 Å². The lowest BCUT2D eigenvalue weighted by Crippen LogP contribution is -2.17. The minimum atomic E-state index is 0.387. The van der Waals surface area contributed by atoms with Gasteiger partial charge in [-0.1, -0.05) is 37.3 Å². The second kappa shape index (κ2) is 5.78. The van der Waals surface area contributed by atoms with Gasteiger partial charge in [0.1, 0.15) is 0 Å². The predicted octanol–water partition coefficient (Wildman–Crippen LogP) is 4.05. The maximum atomic E-state index is 5.49. The molecule has 1 aliphatic heterocycles. The minimum Gasteiger partial charge on any atom is -0.372 e. The maximum absolute atomic E-state index is 5.49. The van der Waals surface area contributed by atoms with Crippen molar-refractivity contribution in [2.75, 3.05) is 6.54 Å². The standard InChI is InChI=1S/C18H21NO/c1-3-19-13(2)14-5-4-6-15(9-14)16-7-8-17-11-20-12-18(17)10-16/h4-10,13,19H,3,11-12H2,1-2H3. The van der Waals surface area contributed by atoms with Crippen molar-refractivity contribution in [1.29, 1.82) is 0 Å². The lowest BCUT2D eigenvalue weighted by Gasteiger charge is -2.14. The Bertz CT molecular complexity index is 606. The molecule has 0 fully saturated rings. The lowest BCUT2D eigenvalue weighted by atomic mass is 9.97. The molecule has 2 nitrogen and oxygen atoms in total. The van der Waals surface area contributed by atoms with E-state index in [9.17, 15) is 0 Å². The first-order valence-electron chi connectivity index (χ1n) is 7.31. The van der Waals surface area contributed by atoms with Crippen LogP contribution in [0.4, 0.5) is 0 Å². The highest BCUT2D eigenvalue weighted by molar-refractivity contribution is 5.66. The Kier molecular flexibility index (Phi) is 3.86. The summed E-state index contributed by atoms with van der Waals surface area (Å²) in [6, 6.07) is 15.8. The summed E-state index contributed by atoms with van der Waals surface area (Å²) in [5.41, 5.74) is 6.54. The monoisotopic (exact) mass is 267 g/mol. The van der Waals surface area contributed by atoms with Crippen LogP contribution in [-0.2, 0) is 18.0 Å². The first-order chi connectivity index (χ1) is 9.78. The van der Waals surface area contributed by atoms with E-state index in [1.165, 1.54) is 27.8 Å². The molecule has 1 aliphatic rings. The van der Waals surface area contributed by atoms with Crippen molar-refractivity contribution in [3.05, 3.63) is 59.2 Å². The van der Waals surface area contributed by atoms with Crippen LogP contribution >= 0.6 is 0 Å². The molecule has 104 valence electrons. The van der Waals surface area contributed by atoms with Crippen molar-refractivity contribution in [2.45, 2.75) is 33.1 Å². The van der Waals surface area contributed by atoms with E-state index in [1.807, 2.05) is 0 Å². The third-order valence-electron chi connectivity index (χ3n) is 3.95. The normalized spacial score (nSPS) is 15.1. The first-order valence-corrected chi connectivity index (χ1v) is 7.31. The average Bonchev–Trinajstić information content (AvgIpc) is 2.95. The summed E-state index contributed by atoms with van der Waals surface area (Å²) in [6.07, 6.45) is 0. The highest BCUT2D eigenvalue weighted by atomic mass is 16.5. The zero-order valence-corrected chi connectivity index (χ0v) is 12.1. The number of nitrogens with one attached hydrogen (secondary N) is 1. The third-order valence-corrected chi connectivity index (χ3v) is 3.95. The number of rotatable bonds is 4. The summed E-state index contributed by atoms with van der Waals surface area (Å²) in [5.74, 6) is 0. The van der Waals surface area contributed by atoms with Gasteiger partial charge >= 0.3 is 0 Å². The molecule has 2 heteroatoms. The topological polar surface area (TPSA) is 21.3 Å². The molecule has 0 saturated carbocycles. The van der Waals surface area contributed by atoms with Gasteiger partial charge in [-0.05, 0) is 53.4 Å². The maximum Gasteiger partial charge on any atom is 0.0725 e. The van der Waals surface area contributed by atoms with Crippen LogP contribution in [0.3, 0.4) is 0 Å². The van der Waals surface area contributed by atoms with Gasteiger partial charge in [0.15, 0.2) is 0 Å².